The van der Waals surface area contributed by atoms with Crippen molar-refractivity contribution in [2.24, 2.45) is 0 Å². The fourth-order valence-corrected chi connectivity index (χ4v) is 2.32. The Bertz CT molecular complexity index is 515. The normalized spacial score (nSPS) is 10.5. The maximum Gasteiger partial charge on any atom is 0.307 e. The molecule has 0 radical (unpaired) electrons. The number of hydrogen-bond donors (Lipinski definition) is 1. The average molecular weight is 265 g/mol. The van der Waals surface area contributed by atoms with E-state index in [1.54, 1.807) is 0 Å². The van der Waals surface area contributed by atoms with E-state index in [9.17, 15) is 4.79 Å². The van der Waals surface area contributed by atoms with Crippen molar-refractivity contribution in [3.8, 4) is 0 Å². The summed E-state index contributed by atoms with van der Waals surface area (Å²) in [6.45, 7) is 0. The molecule has 0 spiro atoms. The first-order chi connectivity index (χ1) is 7.18. The van der Waals surface area contributed by atoms with E-state index < -0.39 is 5.97 Å². The van der Waals surface area contributed by atoms with Gasteiger partial charge in [-0.3, -0.25) is 4.79 Å². The third kappa shape index (κ3) is 2.02. The number of benzene rings is 2. The van der Waals surface area contributed by atoms with Crippen molar-refractivity contribution in [3.63, 3.8) is 0 Å². The Morgan fingerprint density at radius 1 is 1.20 bits per heavy atom. The maximum absolute atomic E-state index is 10.7. The molecule has 2 rings (SSSR count). The first-order valence-corrected chi connectivity index (χ1v) is 5.35. The molecular formula is C12H9BrO2. The van der Waals surface area contributed by atoms with Gasteiger partial charge in [0, 0.05) is 4.47 Å². The van der Waals surface area contributed by atoms with Gasteiger partial charge in [0.15, 0.2) is 0 Å². The van der Waals surface area contributed by atoms with Crippen LogP contribution in [0.15, 0.2) is 40.9 Å². The highest BCUT2D eigenvalue weighted by molar-refractivity contribution is 9.10. The van der Waals surface area contributed by atoms with Crippen LogP contribution >= 0.6 is 15.9 Å². The van der Waals surface area contributed by atoms with Crippen LogP contribution < -0.4 is 0 Å². The minimum absolute atomic E-state index is 0.0555. The van der Waals surface area contributed by atoms with E-state index in [1.807, 2.05) is 36.4 Å². The third-order valence-electron chi connectivity index (χ3n) is 2.28. The fraction of sp³-hybridized carbons (Fsp3) is 0.0833. The van der Waals surface area contributed by atoms with Crippen molar-refractivity contribution < 1.29 is 9.90 Å². The third-order valence-corrected chi connectivity index (χ3v) is 2.94. The van der Waals surface area contributed by atoms with Gasteiger partial charge in [-0.05, 0) is 22.4 Å². The average Bonchev–Trinajstić information content (AvgIpc) is 2.17. The monoisotopic (exact) mass is 264 g/mol. The molecule has 2 aromatic carbocycles. The zero-order valence-corrected chi connectivity index (χ0v) is 9.49. The van der Waals surface area contributed by atoms with Gasteiger partial charge in [0.1, 0.15) is 0 Å². The Hall–Kier alpha value is -1.35. The summed E-state index contributed by atoms with van der Waals surface area (Å²) < 4.78 is 0.942. The Morgan fingerprint density at radius 2 is 1.87 bits per heavy atom. The summed E-state index contributed by atoms with van der Waals surface area (Å²) in [6.07, 6.45) is 0.0555. The van der Waals surface area contributed by atoms with Gasteiger partial charge in [-0.2, -0.15) is 0 Å². The van der Waals surface area contributed by atoms with Crippen molar-refractivity contribution in [1.29, 1.82) is 0 Å². The summed E-state index contributed by atoms with van der Waals surface area (Å²) in [5.41, 5.74) is 0.840. The number of carboxylic acid groups (broad SMARTS) is 1. The summed E-state index contributed by atoms with van der Waals surface area (Å²) in [5.74, 6) is -0.807. The smallest absolute Gasteiger partial charge is 0.307 e. The summed E-state index contributed by atoms with van der Waals surface area (Å²) in [5, 5.41) is 10.8. The molecule has 0 saturated carbocycles. The number of carboxylic acids is 1. The summed E-state index contributed by atoms with van der Waals surface area (Å²) in [7, 11) is 0. The lowest BCUT2D eigenvalue weighted by atomic mass is 10.0. The number of rotatable bonds is 2. The SMILES string of the molecule is O=C(O)Cc1cccc2cccc(Br)c12. The van der Waals surface area contributed by atoms with Gasteiger partial charge in [0.05, 0.1) is 6.42 Å². The van der Waals surface area contributed by atoms with Gasteiger partial charge in [0.25, 0.3) is 0 Å². The fourth-order valence-electron chi connectivity index (χ4n) is 1.68. The van der Waals surface area contributed by atoms with Crippen LogP contribution in [0.5, 0.6) is 0 Å². The first-order valence-electron chi connectivity index (χ1n) is 4.56. The molecular weight excluding hydrogens is 256 g/mol. The Labute approximate surface area is 95.7 Å². The van der Waals surface area contributed by atoms with Crippen LogP contribution in [0.3, 0.4) is 0 Å². The summed E-state index contributed by atoms with van der Waals surface area (Å²) >= 11 is 3.44. The highest BCUT2D eigenvalue weighted by atomic mass is 79.9. The van der Waals surface area contributed by atoms with E-state index >= 15 is 0 Å². The largest absolute Gasteiger partial charge is 0.481 e. The number of fused-ring (bicyclic) bond motifs is 1. The van der Waals surface area contributed by atoms with Gasteiger partial charge in [-0.15, -0.1) is 0 Å². The molecule has 3 heteroatoms. The summed E-state index contributed by atoms with van der Waals surface area (Å²) in [4.78, 5) is 10.7. The van der Waals surface area contributed by atoms with Crippen LogP contribution in [0.2, 0.25) is 0 Å². The van der Waals surface area contributed by atoms with Crippen molar-refractivity contribution in [2.75, 3.05) is 0 Å². The van der Waals surface area contributed by atoms with E-state index in [-0.39, 0.29) is 6.42 Å². The van der Waals surface area contributed by atoms with Crippen molar-refractivity contribution in [2.45, 2.75) is 6.42 Å². The molecule has 0 fully saturated rings. The minimum atomic E-state index is -0.807. The van der Waals surface area contributed by atoms with E-state index in [0.29, 0.717) is 0 Å². The first kappa shape index (κ1) is 10.2. The molecule has 76 valence electrons. The molecule has 0 aliphatic heterocycles. The zero-order chi connectivity index (χ0) is 10.8. The minimum Gasteiger partial charge on any atom is -0.481 e. The molecule has 0 unspecified atom stereocenters. The number of aliphatic carboxylic acids is 1. The lowest BCUT2D eigenvalue weighted by molar-refractivity contribution is -0.136. The van der Waals surface area contributed by atoms with Crippen LogP contribution in [0.1, 0.15) is 5.56 Å². The highest BCUT2D eigenvalue weighted by Gasteiger charge is 2.07. The van der Waals surface area contributed by atoms with Crippen LogP contribution in [0, 0.1) is 0 Å². The second-order valence-corrected chi connectivity index (χ2v) is 4.18. The second-order valence-electron chi connectivity index (χ2n) is 3.33. The summed E-state index contributed by atoms with van der Waals surface area (Å²) in [6, 6.07) is 11.6. The van der Waals surface area contributed by atoms with Gasteiger partial charge < -0.3 is 5.11 Å². The molecule has 0 aliphatic rings. The standard InChI is InChI=1S/C12H9BrO2/c13-10-6-2-4-8-3-1-5-9(12(8)10)7-11(14)15/h1-6H,7H2,(H,14,15). The number of hydrogen-bond acceptors (Lipinski definition) is 1. The Balaban J connectivity index is 2.68. The van der Waals surface area contributed by atoms with Crippen molar-refractivity contribution >= 4 is 32.7 Å². The molecule has 2 aromatic rings. The predicted molar refractivity (Wildman–Crippen MR) is 63.0 cm³/mol. The number of halogens is 1. The predicted octanol–water partition coefficient (Wildman–Crippen LogP) is 3.23. The Kier molecular flexibility index (Phi) is 2.73. The van der Waals surface area contributed by atoms with E-state index in [0.717, 1.165) is 20.8 Å². The molecule has 0 aromatic heterocycles. The molecule has 2 nitrogen and oxygen atoms in total. The van der Waals surface area contributed by atoms with Gasteiger partial charge >= 0.3 is 5.97 Å². The molecule has 1 N–H and O–H groups in total. The number of carbonyl (C=O) groups is 1. The lowest BCUT2D eigenvalue weighted by Crippen LogP contribution is -2.00. The van der Waals surface area contributed by atoms with Gasteiger partial charge in [-0.25, -0.2) is 0 Å². The molecule has 0 aliphatic carbocycles. The van der Waals surface area contributed by atoms with E-state index in [2.05, 4.69) is 15.9 Å². The van der Waals surface area contributed by atoms with Gasteiger partial charge in [0.2, 0.25) is 0 Å². The van der Waals surface area contributed by atoms with Crippen LogP contribution in [0.25, 0.3) is 10.8 Å². The van der Waals surface area contributed by atoms with E-state index in [4.69, 9.17) is 5.11 Å². The van der Waals surface area contributed by atoms with Crippen LogP contribution in [0.4, 0.5) is 0 Å². The molecule has 0 atom stereocenters. The topological polar surface area (TPSA) is 37.3 Å². The van der Waals surface area contributed by atoms with E-state index in [1.165, 1.54) is 0 Å². The molecule has 15 heavy (non-hydrogen) atoms. The molecule has 0 heterocycles. The van der Waals surface area contributed by atoms with Crippen LogP contribution in [-0.2, 0) is 11.2 Å². The molecule has 0 amide bonds. The van der Waals surface area contributed by atoms with Crippen molar-refractivity contribution in [3.05, 3.63) is 46.4 Å². The quantitative estimate of drug-likeness (QED) is 0.905. The van der Waals surface area contributed by atoms with Crippen molar-refractivity contribution in [1.82, 2.24) is 0 Å². The van der Waals surface area contributed by atoms with Crippen LogP contribution in [-0.4, -0.2) is 11.1 Å². The Morgan fingerprint density at radius 3 is 2.53 bits per heavy atom. The second kappa shape index (κ2) is 4.03. The molecule has 0 saturated heterocycles. The highest BCUT2D eigenvalue weighted by Crippen LogP contribution is 2.27. The maximum atomic E-state index is 10.7. The lowest BCUT2D eigenvalue weighted by Gasteiger charge is -2.05. The zero-order valence-electron chi connectivity index (χ0n) is 7.90. The van der Waals surface area contributed by atoms with Gasteiger partial charge in [-0.1, -0.05) is 46.3 Å². The molecule has 0 bridgehead atoms.